The van der Waals surface area contributed by atoms with Crippen LogP contribution in [0.25, 0.3) is 0 Å². The molecule has 0 spiro atoms. The second-order valence-electron chi connectivity index (χ2n) is 4.87. The molecule has 1 unspecified atom stereocenters. The Hall–Kier alpha value is -2.44. The number of benzene rings is 2. The summed E-state index contributed by atoms with van der Waals surface area (Å²) in [7, 11) is 0. The third-order valence-corrected chi connectivity index (χ3v) is 3.46. The first-order chi connectivity index (χ1) is 11.1. The number of nitrogens with zero attached hydrogens (tertiary/aromatic N) is 3. The van der Waals surface area contributed by atoms with Crippen molar-refractivity contribution in [3.8, 4) is 11.5 Å². The molecule has 3 rings (SSSR count). The van der Waals surface area contributed by atoms with Gasteiger partial charge in [-0.15, -0.1) is 0 Å². The number of ether oxygens (including phenoxy) is 1. The largest absolute Gasteiger partial charge is 0.457 e. The molecule has 0 aliphatic carbocycles. The van der Waals surface area contributed by atoms with E-state index in [1.165, 1.54) is 29.5 Å². The summed E-state index contributed by atoms with van der Waals surface area (Å²) in [6, 6.07) is 11.1. The van der Waals surface area contributed by atoms with Crippen LogP contribution in [0.4, 0.5) is 4.39 Å². The van der Waals surface area contributed by atoms with Crippen LogP contribution < -0.4 is 4.74 Å². The molecule has 0 aliphatic heterocycles. The van der Waals surface area contributed by atoms with E-state index in [2.05, 4.69) is 10.1 Å². The molecule has 0 saturated heterocycles. The van der Waals surface area contributed by atoms with E-state index in [1.807, 2.05) is 0 Å². The summed E-state index contributed by atoms with van der Waals surface area (Å²) in [5, 5.41) is 14.6. The lowest BCUT2D eigenvalue weighted by Gasteiger charge is -2.13. The summed E-state index contributed by atoms with van der Waals surface area (Å²) in [6.45, 7) is 0.119. The van der Waals surface area contributed by atoms with Crippen molar-refractivity contribution < 1.29 is 14.2 Å². The van der Waals surface area contributed by atoms with Gasteiger partial charge in [-0.3, -0.25) is 4.68 Å². The molecule has 0 aliphatic rings. The van der Waals surface area contributed by atoms with E-state index in [-0.39, 0.29) is 12.1 Å². The minimum atomic E-state index is -1.03. The van der Waals surface area contributed by atoms with Gasteiger partial charge in [0.2, 0.25) is 0 Å². The Balaban J connectivity index is 1.73. The molecule has 1 heterocycles. The average Bonchev–Trinajstić information content (AvgIpc) is 3.02. The van der Waals surface area contributed by atoms with Crippen LogP contribution in [0.2, 0.25) is 5.02 Å². The number of hydrogen-bond acceptors (Lipinski definition) is 4. The number of halogens is 2. The topological polar surface area (TPSA) is 60.2 Å². The van der Waals surface area contributed by atoms with Crippen LogP contribution in [0.1, 0.15) is 11.7 Å². The van der Waals surface area contributed by atoms with Gasteiger partial charge in [-0.2, -0.15) is 5.10 Å². The second kappa shape index (κ2) is 6.76. The Kier molecular flexibility index (Phi) is 4.55. The lowest BCUT2D eigenvalue weighted by Crippen LogP contribution is -2.10. The average molecular weight is 334 g/mol. The lowest BCUT2D eigenvalue weighted by atomic mass is 10.1. The Morgan fingerprint density at radius 1 is 1.17 bits per heavy atom. The maximum Gasteiger partial charge on any atom is 0.137 e. The van der Waals surface area contributed by atoms with Crippen molar-refractivity contribution in [1.82, 2.24) is 14.8 Å². The van der Waals surface area contributed by atoms with Gasteiger partial charge < -0.3 is 9.84 Å². The van der Waals surface area contributed by atoms with Gasteiger partial charge in [-0.25, -0.2) is 9.37 Å². The number of hydrogen-bond donors (Lipinski definition) is 1. The van der Waals surface area contributed by atoms with Crippen LogP contribution in [0.3, 0.4) is 0 Å². The van der Waals surface area contributed by atoms with Gasteiger partial charge >= 0.3 is 0 Å². The SMILES string of the molecule is OC(Cn1cncn1)c1ccc(Oc2ccc(Cl)cc2)cc1F. The van der Waals surface area contributed by atoms with Crippen LogP contribution >= 0.6 is 11.6 Å². The number of rotatable bonds is 5. The summed E-state index contributed by atoms with van der Waals surface area (Å²) in [6.07, 6.45) is 1.78. The van der Waals surface area contributed by atoms with Gasteiger partial charge in [-0.1, -0.05) is 11.6 Å². The van der Waals surface area contributed by atoms with Crippen LogP contribution in [0.5, 0.6) is 11.5 Å². The van der Waals surface area contributed by atoms with E-state index in [0.29, 0.717) is 16.5 Å². The fourth-order valence-corrected chi connectivity index (χ4v) is 2.21. The highest BCUT2D eigenvalue weighted by Gasteiger charge is 2.15. The minimum absolute atomic E-state index is 0.119. The van der Waals surface area contributed by atoms with Crippen LogP contribution in [-0.2, 0) is 6.54 Å². The van der Waals surface area contributed by atoms with Crippen molar-refractivity contribution in [3.05, 3.63) is 71.5 Å². The lowest BCUT2D eigenvalue weighted by molar-refractivity contribution is 0.147. The molecular formula is C16H13ClFN3O2. The monoisotopic (exact) mass is 333 g/mol. The van der Waals surface area contributed by atoms with Crippen LogP contribution in [0.15, 0.2) is 55.1 Å². The third kappa shape index (κ3) is 3.85. The Morgan fingerprint density at radius 2 is 1.91 bits per heavy atom. The summed E-state index contributed by atoms with van der Waals surface area (Å²) < 4.78 is 21.2. The summed E-state index contributed by atoms with van der Waals surface area (Å²) in [5.74, 6) is 0.329. The smallest absolute Gasteiger partial charge is 0.137 e. The maximum atomic E-state index is 14.2. The molecule has 1 aromatic heterocycles. The van der Waals surface area contributed by atoms with Crippen molar-refractivity contribution in [2.75, 3.05) is 0 Å². The number of aliphatic hydroxyl groups excluding tert-OH is 1. The normalized spacial score (nSPS) is 12.1. The first-order valence-electron chi connectivity index (χ1n) is 6.85. The molecular weight excluding hydrogens is 321 g/mol. The molecule has 0 radical (unpaired) electrons. The molecule has 0 bridgehead atoms. The summed E-state index contributed by atoms with van der Waals surface area (Å²) in [4.78, 5) is 3.78. The van der Waals surface area contributed by atoms with E-state index in [4.69, 9.17) is 16.3 Å². The third-order valence-electron chi connectivity index (χ3n) is 3.21. The minimum Gasteiger partial charge on any atom is -0.457 e. The molecule has 23 heavy (non-hydrogen) atoms. The molecule has 0 amide bonds. The maximum absolute atomic E-state index is 14.2. The van der Waals surface area contributed by atoms with E-state index >= 15 is 0 Å². The molecule has 2 aromatic carbocycles. The Bertz CT molecular complexity index is 779. The quantitative estimate of drug-likeness (QED) is 0.775. The number of aliphatic hydroxyl groups is 1. The highest BCUT2D eigenvalue weighted by atomic mass is 35.5. The standard InChI is InChI=1S/C16H13ClFN3O2/c17-11-1-3-12(4-2-11)23-13-5-6-14(15(18)7-13)16(22)8-21-10-19-9-20-21/h1-7,9-10,16,22H,8H2. The van der Waals surface area contributed by atoms with Crippen LogP contribution in [-0.4, -0.2) is 19.9 Å². The molecule has 118 valence electrons. The van der Waals surface area contributed by atoms with Crippen molar-refractivity contribution in [2.45, 2.75) is 12.6 Å². The van der Waals surface area contributed by atoms with Gasteiger partial charge in [-0.05, 0) is 36.4 Å². The van der Waals surface area contributed by atoms with Crippen molar-refractivity contribution in [1.29, 1.82) is 0 Å². The predicted octanol–water partition coefficient (Wildman–Crippen LogP) is 3.60. The van der Waals surface area contributed by atoms with Crippen molar-refractivity contribution in [3.63, 3.8) is 0 Å². The zero-order chi connectivity index (χ0) is 16.2. The molecule has 1 atom stereocenters. The molecule has 3 aromatic rings. The molecule has 0 fully saturated rings. The van der Waals surface area contributed by atoms with Gasteiger partial charge in [0.05, 0.1) is 6.54 Å². The van der Waals surface area contributed by atoms with Crippen LogP contribution in [0, 0.1) is 5.82 Å². The zero-order valence-corrected chi connectivity index (χ0v) is 12.7. The Labute approximate surface area is 136 Å². The molecule has 5 nitrogen and oxygen atoms in total. The molecule has 0 saturated carbocycles. The molecule has 7 heteroatoms. The summed E-state index contributed by atoms with van der Waals surface area (Å²) >= 11 is 5.80. The highest BCUT2D eigenvalue weighted by molar-refractivity contribution is 6.30. The van der Waals surface area contributed by atoms with E-state index in [9.17, 15) is 9.50 Å². The highest BCUT2D eigenvalue weighted by Crippen LogP contribution is 2.27. The first kappa shape index (κ1) is 15.5. The first-order valence-corrected chi connectivity index (χ1v) is 7.23. The fraction of sp³-hybridized carbons (Fsp3) is 0.125. The van der Waals surface area contributed by atoms with E-state index < -0.39 is 11.9 Å². The zero-order valence-electron chi connectivity index (χ0n) is 11.9. The Morgan fingerprint density at radius 3 is 2.57 bits per heavy atom. The van der Waals surface area contributed by atoms with Crippen molar-refractivity contribution in [2.24, 2.45) is 0 Å². The van der Waals surface area contributed by atoms with E-state index in [1.54, 1.807) is 30.3 Å². The predicted molar refractivity (Wildman–Crippen MR) is 82.9 cm³/mol. The second-order valence-corrected chi connectivity index (χ2v) is 5.31. The van der Waals surface area contributed by atoms with Gasteiger partial charge in [0, 0.05) is 16.7 Å². The van der Waals surface area contributed by atoms with Gasteiger partial charge in [0.15, 0.2) is 0 Å². The molecule has 1 N–H and O–H groups in total. The van der Waals surface area contributed by atoms with E-state index in [0.717, 1.165) is 0 Å². The van der Waals surface area contributed by atoms with Crippen molar-refractivity contribution >= 4 is 11.6 Å². The van der Waals surface area contributed by atoms with Gasteiger partial charge in [0.1, 0.15) is 36.1 Å². The number of aromatic nitrogens is 3. The van der Waals surface area contributed by atoms with Gasteiger partial charge in [0.25, 0.3) is 0 Å². The fourth-order valence-electron chi connectivity index (χ4n) is 2.08. The summed E-state index contributed by atoms with van der Waals surface area (Å²) in [5.41, 5.74) is 0.170.